The van der Waals surface area contributed by atoms with Crippen LogP contribution in [0.2, 0.25) is 0 Å². The second-order valence-electron chi connectivity index (χ2n) is 4.53. The largest absolute Gasteiger partial charge is 4.00 e. The van der Waals surface area contributed by atoms with Gasteiger partial charge in [-0.05, 0) is 12.8 Å². The van der Waals surface area contributed by atoms with Gasteiger partial charge in [0.1, 0.15) is 0 Å². The molecule has 6 nitrogen and oxygen atoms in total. The Morgan fingerprint density at radius 3 is 2.13 bits per heavy atom. The average Bonchev–Trinajstić information content (AvgIpc) is 3.15. The molecule has 0 unspecified atom stereocenters. The minimum absolute atomic E-state index is 0. The maximum atomic E-state index is 5.44. The first kappa shape index (κ1) is 27.4. The van der Waals surface area contributed by atoms with Crippen LogP contribution in [0.1, 0.15) is 18.5 Å². The zero-order chi connectivity index (χ0) is 17.1. The van der Waals surface area contributed by atoms with Crippen LogP contribution in [0.4, 0.5) is 0 Å². The molecule has 23 heavy (non-hydrogen) atoms. The van der Waals surface area contributed by atoms with Gasteiger partial charge < -0.3 is 25.7 Å². The predicted octanol–water partition coefficient (Wildman–Crippen LogP) is 3.10. The van der Waals surface area contributed by atoms with E-state index < -0.39 is 0 Å². The van der Waals surface area contributed by atoms with Crippen LogP contribution in [-0.4, -0.2) is 67.8 Å². The molecule has 0 aromatic carbocycles. The monoisotopic (exact) mass is 357 g/mol. The number of aromatic nitrogens is 1. The van der Waals surface area contributed by atoms with Crippen LogP contribution in [0.5, 0.6) is 0 Å². The van der Waals surface area contributed by atoms with E-state index in [1.54, 1.807) is 48.5 Å². The van der Waals surface area contributed by atoms with Gasteiger partial charge in [0.15, 0.2) is 0 Å². The molecule has 0 saturated carbocycles. The molecule has 1 saturated heterocycles. The topological polar surface area (TPSA) is 78.0 Å². The van der Waals surface area contributed by atoms with Gasteiger partial charge in [-0.25, -0.2) is 0 Å². The van der Waals surface area contributed by atoms with E-state index in [1.165, 1.54) is 6.42 Å². The van der Waals surface area contributed by atoms with Crippen molar-refractivity contribution in [2.45, 2.75) is 18.9 Å². The fraction of sp³-hybridized carbons (Fsp3) is 0.688. The number of aliphatic imine (C=N–C) groups is 1. The van der Waals surface area contributed by atoms with Crippen molar-refractivity contribution in [3.05, 3.63) is 40.0 Å². The third kappa shape index (κ3) is 21.5. The van der Waals surface area contributed by atoms with Crippen LogP contribution in [0, 0.1) is 0 Å². The van der Waals surface area contributed by atoms with E-state index in [-0.39, 0.29) is 21.7 Å². The summed E-state index contributed by atoms with van der Waals surface area (Å²) in [7, 11) is 10.5. The van der Waals surface area contributed by atoms with E-state index in [4.69, 9.17) is 4.74 Å². The molecule has 1 aromatic heterocycles. The molecule has 1 aliphatic rings. The summed E-state index contributed by atoms with van der Waals surface area (Å²) in [6, 6.07) is 3.85. The summed E-state index contributed by atoms with van der Waals surface area (Å²) in [4.78, 5) is 8.37. The van der Waals surface area contributed by atoms with Gasteiger partial charge in [0, 0.05) is 12.8 Å². The number of nitrogens with zero attached hydrogens (tertiary/aromatic N) is 5. The first-order chi connectivity index (χ1) is 10.7. The molecule has 0 N–H and O–H groups in total. The number of hydrogen-bond acceptors (Lipinski definition) is 2. The van der Waals surface area contributed by atoms with Crippen LogP contribution >= 0.6 is 0 Å². The van der Waals surface area contributed by atoms with Crippen LogP contribution < -0.4 is 4.98 Å². The molecule has 130 valence electrons. The first-order valence-corrected chi connectivity index (χ1v) is 7.32. The van der Waals surface area contributed by atoms with E-state index >= 15 is 0 Å². The molecule has 0 aliphatic carbocycles. The quantitative estimate of drug-likeness (QED) is 0.615. The minimum Gasteiger partial charge on any atom is -0.668 e. The van der Waals surface area contributed by atoms with Crippen LogP contribution in [0.25, 0.3) is 16.0 Å². The summed E-state index contributed by atoms with van der Waals surface area (Å²) in [6.07, 6.45) is 6.24. The standard InChI is InChI=1S/C10H13N2O.3C2H6N.Ti/c1-3-9(12-5-1)7-11-8-10-4-2-6-13-10;3*1-3-2;/h1,3,5,7,10H,2,4,6,8H2;3*1-2H3;/q4*-1;+4/t10-;;;;/m1..../s1. The maximum Gasteiger partial charge on any atom is 4.00 e. The Labute approximate surface area is 157 Å². The molecule has 0 amide bonds. The summed E-state index contributed by atoms with van der Waals surface area (Å²) in [5.41, 5.74) is 0.929. The van der Waals surface area contributed by atoms with E-state index in [2.05, 4.69) is 25.9 Å². The van der Waals surface area contributed by atoms with Crippen LogP contribution in [-0.2, 0) is 26.5 Å². The van der Waals surface area contributed by atoms with Gasteiger partial charge >= 0.3 is 21.7 Å². The minimum atomic E-state index is 0. The second kappa shape index (κ2) is 23.8. The van der Waals surface area contributed by atoms with Crippen molar-refractivity contribution in [2.24, 2.45) is 4.99 Å². The predicted molar refractivity (Wildman–Crippen MR) is 96.8 cm³/mol. The van der Waals surface area contributed by atoms with E-state index in [0.29, 0.717) is 6.10 Å². The van der Waals surface area contributed by atoms with Gasteiger partial charge in [-0.1, -0.05) is 12.1 Å². The Morgan fingerprint density at radius 1 is 1.17 bits per heavy atom. The fourth-order valence-electron chi connectivity index (χ4n) is 1.44. The number of rotatable bonds is 3. The summed E-state index contributed by atoms with van der Waals surface area (Å²) in [5.74, 6) is 0. The first-order valence-electron chi connectivity index (χ1n) is 7.32. The van der Waals surface area contributed by atoms with Gasteiger partial charge in [-0.3, -0.25) is 4.99 Å². The molecular weight excluding hydrogens is 326 g/mol. The van der Waals surface area contributed by atoms with Gasteiger partial charge in [-0.15, -0.1) is 5.69 Å². The molecule has 1 aliphatic heterocycles. The Kier molecular flexibility index (Phi) is 28.3. The van der Waals surface area contributed by atoms with Crippen molar-refractivity contribution in [3.8, 4) is 0 Å². The van der Waals surface area contributed by atoms with Crippen molar-refractivity contribution in [1.82, 2.24) is 4.98 Å². The third-order valence-corrected chi connectivity index (χ3v) is 2.13. The van der Waals surface area contributed by atoms with Crippen molar-refractivity contribution in [3.63, 3.8) is 0 Å². The third-order valence-electron chi connectivity index (χ3n) is 2.13. The molecule has 0 radical (unpaired) electrons. The summed E-state index contributed by atoms with van der Waals surface area (Å²) in [6.45, 7) is 1.67. The zero-order valence-corrected chi connectivity index (χ0v) is 16.9. The normalized spacial score (nSPS) is 15.3. The average molecular weight is 357 g/mol. The van der Waals surface area contributed by atoms with Gasteiger partial charge in [0.25, 0.3) is 0 Å². The van der Waals surface area contributed by atoms with Gasteiger partial charge in [-0.2, -0.15) is 48.5 Å². The molecule has 2 heterocycles. The van der Waals surface area contributed by atoms with Crippen molar-refractivity contribution in [2.75, 3.05) is 55.4 Å². The maximum absolute atomic E-state index is 5.44. The van der Waals surface area contributed by atoms with E-state index in [1.807, 2.05) is 18.3 Å². The number of ether oxygens (including phenoxy) is 1. The van der Waals surface area contributed by atoms with Crippen molar-refractivity contribution >= 4 is 6.21 Å². The molecular formula is C16H31N5OTi. The molecule has 1 atom stereocenters. The van der Waals surface area contributed by atoms with Crippen molar-refractivity contribution < 1.29 is 26.5 Å². The Bertz CT molecular complexity index is 310. The molecule has 7 heteroatoms. The molecule has 0 spiro atoms. The van der Waals surface area contributed by atoms with Gasteiger partial charge in [0.05, 0.1) is 12.6 Å². The molecule has 1 fully saturated rings. The van der Waals surface area contributed by atoms with Crippen LogP contribution in [0.15, 0.2) is 23.3 Å². The van der Waals surface area contributed by atoms with Crippen molar-refractivity contribution in [1.29, 1.82) is 0 Å². The Morgan fingerprint density at radius 2 is 1.74 bits per heavy atom. The SMILES string of the molecule is C(=NC[C@H]1CCCO1)c1ccc[n-]1.C[N-]C.C[N-]C.C[N-]C.[Ti+4]. The summed E-state index contributed by atoms with van der Waals surface area (Å²) >= 11 is 0. The number of hydrogen-bond donors (Lipinski definition) is 0. The molecule has 2 rings (SSSR count). The Hall–Kier alpha value is -0.496. The summed E-state index contributed by atoms with van der Waals surface area (Å²) in [5, 5.41) is 10.5. The second-order valence-corrected chi connectivity index (χ2v) is 4.53. The molecule has 0 bridgehead atoms. The van der Waals surface area contributed by atoms with Gasteiger partial charge in [0.2, 0.25) is 0 Å². The fourth-order valence-corrected chi connectivity index (χ4v) is 1.44. The smallest absolute Gasteiger partial charge is 0.668 e. The zero-order valence-electron chi connectivity index (χ0n) is 15.4. The van der Waals surface area contributed by atoms with E-state index in [0.717, 1.165) is 25.3 Å². The van der Waals surface area contributed by atoms with Crippen LogP contribution in [0.3, 0.4) is 0 Å². The molecule has 1 aromatic rings. The Balaban J connectivity index is -0.000000340. The van der Waals surface area contributed by atoms with E-state index in [9.17, 15) is 0 Å². The summed E-state index contributed by atoms with van der Waals surface area (Å²) < 4.78 is 5.44.